The molecule has 0 atom stereocenters. The van der Waals surface area contributed by atoms with Crippen molar-refractivity contribution in [2.45, 2.75) is 0 Å². The van der Waals surface area contributed by atoms with Crippen LogP contribution in [0.2, 0.25) is 0 Å². The monoisotopic (exact) mass is 143 g/mol. The third kappa shape index (κ3) is 0.854. The summed E-state index contributed by atoms with van der Waals surface area (Å²) in [5.41, 5.74) is 4.57. The van der Waals surface area contributed by atoms with Crippen LogP contribution in [0.25, 0.3) is 0 Å². The van der Waals surface area contributed by atoms with Crippen molar-refractivity contribution >= 4 is 5.82 Å². The second-order valence-electron chi connectivity index (χ2n) is 1.83. The first-order valence-corrected chi connectivity index (χ1v) is 2.60. The standard InChI is InChI=1S/C5H6FN3O/c1-9-4(7)3(6)2-8-5(9)10/h2H,7H2,1H3. The minimum absolute atomic E-state index is 0.194. The second-order valence-corrected chi connectivity index (χ2v) is 1.83. The van der Waals surface area contributed by atoms with Crippen LogP contribution >= 0.6 is 0 Å². The van der Waals surface area contributed by atoms with Gasteiger partial charge >= 0.3 is 5.69 Å². The fourth-order valence-electron chi connectivity index (χ4n) is 0.528. The highest BCUT2D eigenvalue weighted by Gasteiger charge is 2.01. The highest BCUT2D eigenvalue weighted by Crippen LogP contribution is 2.00. The third-order valence-electron chi connectivity index (χ3n) is 1.18. The lowest BCUT2D eigenvalue weighted by atomic mass is 10.5. The maximum absolute atomic E-state index is 12.4. The van der Waals surface area contributed by atoms with Crippen LogP contribution < -0.4 is 11.4 Å². The fourth-order valence-corrected chi connectivity index (χ4v) is 0.528. The summed E-state index contributed by atoms with van der Waals surface area (Å²) in [6.07, 6.45) is 0.803. The van der Waals surface area contributed by atoms with Gasteiger partial charge in [-0.2, -0.15) is 4.98 Å². The molecule has 0 amide bonds. The molecule has 1 aromatic rings. The lowest BCUT2D eigenvalue weighted by Crippen LogP contribution is -2.23. The molecule has 0 radical (unpaired) electrons. The lowest BCUT2D eigenvalue weighted by molar-refractivity contribution is 0.600. The molecule has 0 bridgehead atoms. The molecule has 0 saturated heterocycles. The number of hydrogen-bond donors (Lipinski definition) is 1. The minimum atomic E-state index is -0.679. The Hall–Kier alpha value is -1.39. The summed E-state index contributed by atoms with van der Waals surface area (Å²) in [4.78, 5) is 13.8. The van der Waals surface area contributed by atoms with Gasteiger partial charge in [0.1, 0.15) is 5.82 Å². The Morgan fingerprint density at radius 1 is 1.80 bits per heavy atom. The number of nitrogens with two attached hydrogens (primary N) is 1. The molecule has 0 spiro atoms. The summed E-state index contributed by atoms with van der Waals surface area (Å²) in [7, 11) is 1.35. The molecule has 0 aromatic carbocycles. The smallest absolute Gasteiger partial charge is 0.348 e. The number of hydrogen-bond acceptors (Lipinski definition) is 3. The van der Waals surface area contributed by atoms with E-state index in [-0.39, 0.29) is 5.82 Å². The van der Waals surface area contributed by atoms with E-state index in [2.05, 4.69) is 4.98 Å². The molecule has 0 saturated carbocycles. The van der Waals surface area contributed by atoms with Gasteiger partial charge in [-0.1, -0.05) is 0 Å². The zero-order valence-corrected chi connectivity index (χ0v) is 5.34. The van der Waals surface area contributed by atoms with Crippen molar-refractivity contribution in [3.05, 3.63) is 22.5 Å². The Bertz CT molecular complexity index is 306. The van der Waals surface area contributed by atoms with Crippen molar-refractivity contribution in [3.8, 4) is 0 Å². The van der Waals surface area contributed by atoms with E-state index in [9.17, 15) is 9.18 Å². The van der Waals surface area contributed by atoms with E-state index < -0.39 is 11.5 Å². The molecular weight excluding hydrogens is 137 g/mol. The summed E-state index contributed by atoms with van der Waals surface area (Å²) < 4.78 is 13.4. The average Bonchev–Trinajstić information content (AvgIpc) is 1.93. The first-order valence-electron chi connectivity index (χ1n) is 2.60. The topological polar surface area (TPSA) is 60.9 Å². The number of aromatic nitrogens is 2. The van der Waals surface area contributed by atoms with Crippen LogP contribution in [0.4, 0.5) is 10.2 Å². The molecule has 0 unspecified atom stereocenters. The SMILES string of the molecule is Cn1c(N)c(F)cnc1=O. The Morgan fingerprint density at radius 3 is 2.90 bits per heavy atom. The molecular formula is C5H6FN3O. The van der Waals surface area contributed by atoms with Crippen LogP contribution in [0, 0.1) is 5.82 Å². The summed E-state index contributed by atoms with van der Waals surface area (Å²) in [6.45, 7) is 0. The molecule has 2 N–H and O–H groups in total. The molecule has 4 nitrogen and oxygen atoms in total. The molecule has 54 valence electrons. The Balaban J connectivity index is 3.49. The molecule has 0 aliphatic rings. The molecule has 1 heterocycles. The summed E-state index contributed by atoms with van der Waals surface area (Å²) in [5.74, 6) is -0.873. The third-order valence-corrected chi connectivity index (χ3v) is 1.18. The highest BCUT2D eigenvalue weighted by atomic mass is 19.1. The van der Waals surface area contributed by atoms with Gasteiger partial charge in [-0.05, 0) is 0 Å². The van der Waals surface area contributed by atoms with Crippen molar-refractivity contribution in [1.29, 1.82) is 0 Å². The number of anilines is 1. The van der Waals surface area contributed by atoms with E-state index in [4.69, 9.17) is 5.73 Å². The predicted molar refractivity (Wildman–Crippen MR) is 33.8 cm³/mol. The summed E-state index contributed by atoms with van der Waals surface area (Å²) >= 11 is 0. The largest absolute Gasteiger partial charge is 0.382 e. The highest BCUT2D eigenvalue weighted by molar-refractivity contribution is 5.27. The van der Waals surface area contributed by atoms with Crippen LogP contribution in [-0.2, 0) is 7.05 Å². The van der Waals surface area contributed by atoms with Gasteiger partial charge in [0.05, 0.1) is 6.20 Å². The maximum Gasteiger partial charge on any atom is 0.348 e. The number of rotatable bonds is 0. The van der Waals surface area contributed by atoms with E-state index in [1.165, 1.54) is 7.05 Å². The lowest BCUT2D eigenvalue weighted by Gasteiger charge is -1.99. The van der Waals surface area contributed by atoms with Crippen molar-refractivity contribution in [3.63, 3.8) is 0 Å². The van der Waals surface area contributed by atoms with E-state index >= 15 is 0 Å². The van der Waals surface area contributed by atoms with Gasteiger partial charge in [0.15, 0.2) is 5.82 Å². The zero-order chi connectivity index (χ0) is 7.72. The van der Waals surface area contributed by atoms with Crippen molar-refractivity contribution in [2.24, 2.45) is 7.05 Å². The van der Waals surface area contributed by atoms with E-state index in [1.807, 2.05) is 0 Å². The molecule has 1 rings (SSSR count). The fraction of sp³-hybridized carbons (Fsp3) is 0.200. The molecule has 0 aliphatic heterocycles. The van der Waals surface area contributed by atoms with E-state index in [0.29, 0.717) is 0 Å². The van der Waals surface area contributed by atoms with E-state index in [1.54, 1.807) is 0 Å². The predicted octanol–water partition coefficient (Wildman–Crippen LogP) is -0.498. The molecule has 10 heavy (non-hydrogen) atoms. The minimum Gasteiger partial charge on any atom is -0.382 e. The van der Waals surface area contributed by atoms with Gasteiger partial charge in [0.25, 0.3) is 0 Å². The summed E-state index contributed by atoms with van der Waals surface area (Å²) in [5, 5.41) is 0. The number of halogens is 1. The first kappa shape index (κ1) is 6.73. The maximum atomic E-state index is 12.4. The van der Waals surface area contributed by atoms with Crippen LogP contribution in [0.1, 0.15) is 0 Å². The Kier molecular flexibility index (Phi) is 1.41. The summed E-state index contributed by atoms with van der Waals surface area (Å²) in [6, 6.07) is 0. The van der Waals surface area contributed by atoms with Gasteiger partial charge in [0, 0.05) is 7.05 Å². The van der Waals surface area contributed by atoms with Crippen LogP contribution in [0.5, 0.6) is 0 Å². The zero-order valence-electron chi connectivity index (χ0n) is 5.34. The average molecular weight is 143 g/mol. The number of nitrogen functional groups attached to an aromatic ring is 1. The first-order chi connectivity index (χ1) is 4.63. The van der Waals surface area contributed by atoms with Crippen LogP contribution in [-0.4, -0.2) is 9.55 Å². The van der Waals surface area contributed by atoms with Crippen molar-refractivity contribution in [1.82, 2.24) is 9.55 Å². The van der Waals surface area contributed by atoms with Crippen molar-refractivity contribution < 1.29 is 4.39 Å². The van der Waals surface area contributed by atoms with Gasteiger partial charge in [-0.3, -0.25) is 4.57 Å². The molecule has 0 fully saturated rings. The van der Waals surface area contributed by atoms with Gasteiger partial charge in [-0.15, -0.1) is 0 Å². The number of nitrogens with zero attached hydrogens (tertiary/aromatic N) is 2. The van der Waals surface area contributed by atoms with E-state index in [0.717, 1.165) is 10.8 Å². The second kappa shape index (κ2) is 2.09. The van der Waals surface area contributed by atoms with Crippen LogP contribution in [0.15, 0.2) is 11.0 Å². The molecule has 5 heteroatoms. The van der Waals surface area contributed by atoms with Gasteiger partial charge < -0.3 is 5.73 Å². The Morgan fingerprint density at radius 2 is 2.40 bits per heavy atom. The van der Waals surface area contributed by atoms with Crippen molar-refractivity contribution in [2.75, 3.05) is 5.73 Å². The quantitative estimate of drug-likeness (QED) is 0.532. The Labute approximate surface area is 56.1 Å². The normalized spacial score (nSPS) is 9.80. The van der Waals surface area contributed by atoms with Gasteiger partial charge in [-0.25, -0.2) is 9.18 Å². The molecule has 0 aliphatic carbocycles. The molecule has 1 aromatic heterocycles. The van der Waals surface area contributed by atoms with Crippen LogP contribution in [0.3, 0.4) is 0 Å². The van der Waals surface area contributed by atoms with Gasteiger partial charge in [0.2, 0.25) is 0 Å².